The van der Waals surface area contributed by atoms with E-state index in [0.29, 0.717) is 23.8 Å². The molecule has 11 heteroatoms. The second kappa shape index (κ2) is 7.63. The topological polar surface area (TPSA) is 88.0 Å². The number of aromatic amines is 1. The average molecular weight is 457 g/mol. The van der Waals surface area contributed by atoms with Crippen LogP contribution in [0, 0.1) is 11.6 Å². The van der Waals surface area contributed by atoms with Crippen molar-refractivity contribution >= 4 is 34.1 Å². The molecule has 5 nitrogen and oxygen atoms in total. The van der Waals surface area contributed by atoms with E-state index in [-0.39, 0.29) is 57.8 Å². The minimum atomic E-state index is -4.63. The fourth-order valence-electron chi connectivity index (χ4n) is 3.82. The number of fused-ring (bicyclic) bond motifs is 1. The zero-order valence-electron chi connectivity index (χ0n) is 15.8. The molecule has 3 heterocycles. The summed E-state index contributed by atoms with van der Waals surface area (Å²) in [6, 6.07) is 2.04. The molecule has 0 bridgehead atoms. The van der Waals surface area contributed by atoms with Crippen LogP contribution in [0.5, 0.6) is 0 Å². The smallest absolute Gasteiger partial charge is 0.370 e. The van der Waals surface area contributed by atoms with Crippen molar-refractivity contribution in [1.29, 1.82) is 0 Å². The molecular weight excluding hydrogens is 441 g/mol. The maximum Gasteiger partial charge on any atom is 0.425 e. The summed E-state index contributed by atoms with van der Waals surface area (Å²) < 4.78 is 68.7. The average Bonchev–Trinajstić information content (AvgIpc) is 3.35. The lowest BCUT2D eigenvalue weighted by molar-refractivity contribution is -0.134. The molecule has 1 saturated heterocycles. The van der Waals surface area contributed by atoms with Crippen LogP contribution in [0.2, 0.25) is 0 Å². The number of amides is 2. The number of rotatable bonds is 5. The summed E-state index contributed by atoms with van der Waals surface area (Å²) in [5.41, 5.74) is 5.80. The minimum absolute atomic E-state index is 0.0245. The summed E-state index contributed by atoms with van der Waals surface area (Å²) in [6.07, 6.45) is -4.34. The normalized spacial score (nSPS) is 16.8. The van der Waals surface area contributed by atoms with Crippen molar-refractivity contribution in [2.75, 3.05) is 0 Å². The Bertz CT molecular complexity index is 1200. The van der Waals surface area contributed by atoms with Gasteiger partial charge < -0.3 is 16.0 Å². The molecule has 1 aliphatic rings. The number of nitrogens with two attached hydrogens (primary N) is 1. The first kappa shape index (κ1) is 21.3. The molecule has 2 aromatic heterocycles. The number of H-pyrrole nitrogens is 1. The highest BCUT2D eigenvalue weighted by molar-refractivity contribution is 7.15. The van der Waals surface area contributed by atoms with E-state index in [1.165, 1.54) is 0 Å². The van der Waals surface area contributed by atoms with Gasteiger partial charge in [0.05, 0.1) is 22.1 Å². The number of halogens is 5. The largest absolute Gasteiger partial charge is 0.425 e. The molecule has 0 radical (unpaired) electrons. The molecule has 0 aliphatic carbocycles. The fourth-order valence-corrected chi connectivity index (χ4v) is 4.94. The molecule has 2 amide bonds. The van der Waals surface area contributed by atoms with Crippen molar-refractivity contribution in [3.05, 3.63) is 45.8 Å². The quantitative estimate of drug-likeness (QED) is 0.491. The van der Waals surface area contributed by atoms with Gasteiger partial charge >= 0.3 is 6.18 Å². The van der Waals surface area contributed by atoms with E-state index in [4.69, 9.17) is 5.73 Å². The Morgan fingerprint density at radius 1 is 1.23 bits per heavy atom. The van der Waals surface area contributed by atoms with E-state index in [1.807, 2.05) is 0 Å². The molecule has 31 heavy (non-hydrogen) atoms. The zero-order valence-corrected chi connectivity index (χ0v) is 16.6. The summed E-state index contributed by atoms with van der Waals surface area (Å²) in [5, 5.41) is 2.77. The lowest BCUT2D eigenvalue weighted by Crippen LogP contribution is -2.18. The van der Waals surface area contributed by atoms with Gasteiger partial charge in [0.15, 0.2) is 0 Å². The first-order chi connectivity index (χ1) is 14.5. The molecule has 1 aliphatic heterocycles. The third-order valence-electron chi connectivity index (χ3n) is 5.19. The summed E-state index contributed by atoms with van der Waals surface area (Å²) in [7, 11) is 0. The predicted molar refractivity (Wildman–Crippen MR) is 104 cm³/mol. The van der Waals surface area contributed by atoms with Crippen molar-refractivity contribution in [3.63, 3.8) is 0 Å². The van der Waals surface area contributed by atoms with Crippen LogP contribution in [0.1, 0.15) is 41.3 Å². The highest BCUT2D eigenvalue weighted by Gasteiger charge is 2.37. The highest BCUT2D eigenvalue weighted by atomic mass is 32.1. The van der Waals surface area contributed by atoms with Gasteiger partial charge in [-0.3, -0.25) is 9.59 Å². The maximum atomic E-state index is 14.4. The van der Waals surface area contributed by atoms with Crippen molar-refractivity contribution < 1.29 is 31.5 Å². The van der Waals surface area contributed by atoms with Crippen molar-refractivity contribution in [1.82, 2.24) is 10.3 Å². The van der Waals surface area contributed by atoms with Crippen LogP contribution in [-0.2, 0) is 22.2 Å². The Balaban J connectivity index is 1.96. The van der Waals surface area contributed by atoms with Crippen LogP contribution in [0.4, 0.5) is 22.0 Å². The van der Waals surface area contributed by atoms with Gasteiger partial charge in [0, 0.05) is 24.3 Å². The number of thiophene rings is 1. The molecule has 3 aromatic rings. The molecule has 4 rings (SSSR count). The molecule has 1 aromatic carbocycles. The first-order valence-electron chi connectivity index (χ1n) is 9.33. The Labute approximate surface area is 176 Å². The molecule has 1 atom stereocenters. The number of hydrogen-bond donors (Lipinski definition) is 3. The number of primary amides is 1. The zero-order chi connectivity index (χ0) is 22.5. The summed E-state index contributed by atoms with van der Waals surface area (Å²) in [5.74, 6) is -2.72. The number of carbonyl (C=O) groups is 2. The molecule has 4 N–H and O–H groups in total. The molecule has 164 valence electrons. The first-order valence-corrected chi connectivity index (χ1v) is 10.1. The van der Waals surface area contributed by atoms with Crippen molar-refractivity contribution in [2.45, 2.75) is 37.9 Å². The number of carbonyl (C=O) groups excluding carboxylic acids is 2. The van der Waals surface area contributed by atoms with Crippen molar-refractivity contribution in [3.8, 4) is 10.6 Å². The second-order valence-corrected chi connectivity index (χ2v) is 8.36. The van der Waals surface area contributed by atoms with Crippen LogP contribution >= 0.6 is 11.3 Å². The van der Waals surface area contributed by atoms with Gasteiger partial charge in [-0.05, 0) is 36.1 Å². The van der Waals surface area contributed by atoms with Crippen LogP contribution in [-0.4, -0.2) is 16.8 Å². The Hall–Kier alpha value is -2.95. The lowest BCUT2D eigenvalue weighted by Gasteiger charge is -2.12. The maximum absolute atomic E-state index is 14.4. The second-order valence-electron chi connectivity index (χ2n) is 7.31. The van der Waals surface area contributed by atoms with Crippen molar-refractivity contribution in [2.24, 2.45) is 5.73 Å². The van der Waals surface area contributed by atoms with Crippen LogP contribution in [0.25, 0.3) is 21.5 Å². The third kappa shape index (κ3) is 4.01. The van der Waals surface area contributed by atoms with Gasteiger partial charge in [-0.1, -0.05) is 0 Å². The van der Waals surface area contributed by atoms with E-state index < -0.39 is 34.6 Å². The van der Waals surface area contributed by atoms with E-state index >= 15 is 0 Å². The summed E-state index contributed by atoms with van der Waals surface area (Å²) >= 11 is 0.441. The lowest BCUT2D eigenvalue weighted by atomic mass is 9.99. The van der Waals surface area contributed by atoms with Gasteiger partial charge in [-0.2, -0.15) is 13.2 Å². The number of aromatic nitrogens is 1. The molecule has 0 spiro atoms. The standard InChI is InChI=1S/C20H16F5N3O2S/c21-8-5-10-9(1-3-15(26)29)18(28-17(10)12(22)6-8)19-11(13-2-4-16(30)27-13)7-14(31-19)20(23,24)25/h5-7,13,28H,1-4H2,(H2,26,29)(H,27,30). The highest BCUT2D eigenvalue weighted by Crippen LogP contribution is 2.46. The summed E-state index contributed by atoms with van der Waals surface area (Å²) in [6.45, 7) is 0. The van der Waals surface area contributed by atoms with Gasteiger partial charge in [-0.25, -0.2) is 8.78 Å². The Morgan fingerprint density at radius 2 is 1.97 bits per heavy atom. The van der Waals surface area contributed by atoms with E-state index in [2.05, 4.69) is 10.3 Å². The van der Waals surface area contributed by atoms with Gasteiger partial charge in [0.1, 0.15) is 16.5 Å². The Kier molecular flexibility index (Phi) is 5.24. The fraction of sp³-hybridized carbons (Fsp3) is 0.300. The van der Waals surface area contributed by atoms with Gasteiger partial charge in [0.25, 0.3) is 0 Å². The van der Waals surface area contributed by atoms with Crippen LogP contribution in [0.15, 0.2) is 18.2 Å². The Morgan fingerprint density at radius 3 is 2.58 bits per heavy atom. The third-order valence-corrected chi connectivity index (χ3v) is 6.40. The van der Waals surface area contributed by atoms with E-state index in [0.717, 1.165) is 12.1 Å². The number of aryl methyl sites for hydroxylation is 1. The monoisotopic (exact) mass is 457 g/mol. The molecule has 1 unspecified atom stereocenters. The summed E-state index contributed by atoms with van der Waals surface area (Å²) in [4.78, 5) is 25.0. The predicted octanol–water partition coefficient (Wildman–Crippen LogP) is 4.56. The van der Waals surface area contributed by atoms with Crippen LogP contribution in [0.3, 0.4) is 0 Å². The molecule has 0 saturated carbocycles. The number of nitrogens with one attached hydrogen (secondary N) is 2. The van der Waals surface area contributed by atoms with Gasteiger partial charge in [0.2, 0.25) is 11.8 Å². The van der Waals surface area contributed by atoms with Gasteiger partial charge in [-0.15, -0.1) is 11.3 Å². The van der Waals surface area contributed by atoms with Crippen LogP contribution < -0.4 is 11.1 Å². The van der Waals surface area contributed by atoms with E-state index in [9.17, 15) is 31.5 Å². The number of alkyl halides is 3. The number of hydrogen-bond acceptors (Lipinski definition) is 3. The molecular formula is C20H16F5N3O2S. The minimum Gasteiger partial charge on any atom is -0.370 e. The SMILES string of the molecule is NC(=O)CCc1c(-c2sc(C(F)(F)F)cc2C2CCC(=O)N2)[nH]c2c(F)cc(F)cc12. The van der Waals surface area contributed by atoms with E-state index in [1.54, 1.807) is 0 Å². The number of benzene rings is 1. The molecule has 1 fully saturated rings.